The summed E-state index contributed by atoms with van der Waals surface area (Å²) in [6.45, 7) is 7.41. The maximum atomic E-state index is 13.0. The number of ether oxygens (including phenoxy) is 1. The minimum absolute atomic E-state index is 0.187. The summed E-state index contributed by atoms with van der Waals surface area (Å²) in [6, 6.07) is 16.5. The van der Waals surface area contributed by atoms with Crippen molar-refractivity contribution in [1.29, 1.82) is 0 Å². The smallest absolute Gasteiger partial charge is 0.341 e. The predicted molar refractivity (Wildman–Crippen MR) is 126 cm³/mol. The highest BCUT2D eigenvalue weighted by atomic mass is 32.1. The maximum absolute atomic E-state index is 13.0. The molecule has 6 nitrogen and oxygen atoms in total. The Morgan fingerprint density at radius 3 is 2.25 bits per heavy atom. The number of benzene rings is 2. The molecule has 7 heteroatoms. The molecule has 1 unspecified atom stereocenters. The van der Waals surface area contributed by atoms with E-state index in [-0.39, 0.29) is 30.0 Å². The fourth-order valence-electron chi connectivity index (χ4n) is 3.23. The van der Waals surface area contributed by atoms with E-state index in [4.69, 9.17) is 4.74 Å². The molecular formula is C25H26N2O4S. The van der Waals surface area contributed by atoms with Gasteiger partial charge in [0, 0.05) is 5.56 Å². The molecule has 2 N–H and O–H groups in total. The molecule has 32 heavy (non-hydrogen) atoms. The Balaban J connectivity index is 1.90. The fourth-order valence-corrected chi connectivity index (χ4v) is 4.33. The first-order valence-electron chi connectivity index (χ1n) is 10.4. The summed E-state index contributed by atoms with van der Waals surface area (Å²) < 4.78 is 5.18. The van der Waals surface area contributed by atoms with Crippen LogP contribution in [0.5, 0.6) is 0 Å². The number of hydrogen-bond acceptors (Lipinski definition) is 5. The maximum Gasteiger partial charge on any atom is 0.341 e. The lowest BCUT2D eigenvalue weighted by atomic mass is 10.1. The van der Waals surface area contributed by atoms with Crippen molar-refractivity contribution in [1.82, 2.24) is 5.32 Å². The van der Waals surface area contributed by atoms with Gasteiger partial charge in [0.15, 0.2) is 0 Å². The highest BCUT2D eigenvalue weighted by Gasteiger charge is 2.27. The van der Waals surface area contributed by atoms with Crippen LogP contribution in [0, 0.1) is 13.8 Å². The Labute approximate surface area is 191 Å². The van der Waals surface area contributed by atoms with Crippen molar-refractivity contribution in [3.8, 4) is 0 Å². The average Bonchev–Trinajstić information content (AvgIpc) is 3.10. The lowest BCUT2D eigenvalue weighted by Crippen LogP contribution is -2.26. The zero-order chi connectivity index (χ0) is 23.3. The van der Waals surface area contributed by atoms with Crippen molar-refractivity contribution < 1.29 is 19.1 Å². The van der Waals surface area contributed by atoms with Gasteiger partial charge in [-0.3, -0.25) is 9.59 Å². The van der Waals surface area contributed by atoms with E-state index in [2.05, 4.69) is 10.6 Å². The van der Waals surface area contributed by atoms with Crippen LogP contribution in [0.4, 0.5) is 5.00 Å². The molecule has 1 aromatic heterocycles. The molecule has 3 aromatic rings. The monoisotopic (exact) mass is 450 g/mol. The van der Waals surface area contributed by atoms with E-state index in [0.717, 1.165) is 22.5 Å². The predicted octanol–water partition coefficient (Wildman–Crippen LogP) is 5.28. The van der Waals surface area contributed by atoms with Crippen molar-refractivity contribution in [2.45, 2.75) is 33.7 Å². The van der Waals surface area contributed by atoms with Crippen molar-refractivity contribution in [2.75, 3.05) is 11.9 Å². The van der Waals surface area contributed by atoms with Crippen molar-refractivity contribution in [2.24, 2.45) is 0 Å². The van der Waals surface area contributed by atoms with Crippen LogP contribution >= 0.6 is 11.3 Å². The quantitative estimate of drug-likeness (QED) is 0.479. The summed E-state index contributed by atoms with van der Waals surface area (Å²) in [5.41, 5.74) is 3.14. The van der Waals surface area contributed by atoms with Crippen LogP contribution in [0.25, 0.3) is 0 Å². The Morgan fingerprint density at radius 2 is 1.62 bits per heavy atom. The highest BCUT2D eigenvalue weighted by Crippen LogP contribution is 2.34. The topological polar surface area (TPSA) is 84.5 Å². The summed E-state index contributed by atoms with van der Waals surface area (Å²) in [7, 11) is 0. The number of nitrogens with one attached hydrogen (secondary N) is 2. The van der Waals surface area contributed by atoms with Crippen LogP contribution in [-0.2, 0) is 4.74 Å². The number of carbonyl (C=O) groups excluding carboxylic acids is 3. The van der Waals surface area contributed by atoms with Crippen molar-refractivity contribution in [3.63, 3.8) is 0 Å². The second-order valence-corrected chi connectivity index (χ2v) is 8.43. The van der Waals surface area contributed by atoms with Crippen molar-refractivity contribution in [3.05, 3.63) is 87.3 Å². The number of rotatable bonds is 7. The van der Waals surface area contributed by atoms with Gasteiger partial charge in [-0.2, -0.15) is 0 Å². The van der Waals surface area contributed by atoms with E-state index >= 15 is 0 Å². The SMILES string of the molecule is CCOC(=O)c1c(NC(=O)c2ccc(C)cc2)sc(C(=O)NC(C)c2ccccc2)c1C. The number of amides is 2. The zero-order valence-electron chi connectivity index (χ0n) is 18.5. The number of anilines is 1. The third kappa shape index (κ3) is 5.23. The molecule has 0 radical (unpaired) electrons. The molecule has 166 valence electrons. The van der Waals surface area contributed by atoms with Gasteiger partial charge in [-0.15, -0.1) is 11.3 Å². The van der Waals surface area contributed by atoms with Gasteiger partial charge in [0.2, 0.25) is 0 Å². The largest absolute Gasteiger partial charge is 0.462 e. The van der Waals surface area contributed by atoms with Gasteiger partial charge in [0.25, 0.3) is 11.8 Å². The number of thiophene rings is 1. The van der Waals surface area contributed by atoms with Crippen molar-refractivity contribution >= 4 is 34.1 Å². The summed E-state index contributed by atoms with van der Waals surface area (Å²) >= 11 is 1.07. The third-order valence-electron chi connectivity index (χ3n) is 5.02. The van der Waals surface area contributed by atoms with E-state index < -0.39 is 5.97 Å². The van der Waals surface area contributed by atoms with Crippen LogP contribution in [0.3, 0.4) is 0 Å². The molecule has 0 fully saturated rings. The van der Waals surface area contributed by atoms with Crippen LogP contribution in [0.1, 0.15) is 67.0 Å². The van der Waals surface area contributed by atoms with E-state index in [1.165, 1.54) is 0 Å². The van der Waals surface area contributed by atoms with Gasteiger partial charge >= 0.3 is 5.97 Å². The molecule has 0 aliphatic rings. The molecule has 1 heterocycles. The average molecular weight is 451 g/mol. The molecule has 0 spiro atoms. The van der Waals surface area contributed by atoms with Crippen LogP contribution in [0.15, 0.2) is 54.6 Å². The van der Waals surface area contributed by atoms with Gasteiger partial charge in [-0.25, -0.2) is 4.79 Å². The van der Waals surface area contributed by atoms with Gasteiger partial charge in [-0.05, 0) is 51.0 Å². The Hall–Kier alpha value is -3.45. The summed E-state index contributed by atoms with van der Waals surface area (Å²) in [5.74, 6) is -1.25. The van der Waals surface area contributed by atoms with Gasteiger partial charge in [-0.1, -0.05) is 48.0 Å². The van der Waals surface area contributed by atoms with Gasteiger partial charge in [0.05, 0.1) is 23.1 Å². The molecule has 3 rings (SSSR count). The molecule has 2 aromatic carbocycles. The number of aryl methyl sites for hydroxylation is 1. The standard InChI is InChI=1S/C25H26N2O4S/c1-5-31-25(30)20-16(3)21(23(29)26-17(4)18-9-7-6-8-10-18)32-24(20)27-22(28)19-13-11-15(2)12-14-19/h6-14,17H,5H2,1-4H3,(H,26,29)(H,27,28). The lowest BCUT2D eigenvalue weighted by Gasteiger charge is -2.14. The first-order chi connectivity index (χ1) is 15.3. The van der Waals surface area contributed by atoms with Crippen LogP contribution in [-0.4, -0.2) is 24.4 Å². The molecule has 0 saturated heterocycles. The number of esters is 1. The highest BCUT2D eigenvalue weighted by molar-refractivity contribution is 7.18. The lowest BCUT2D eigenvalue weighted by molar-refractivity contribution is 0.0527. The minimum Gasteiger partial charge on any atom is -0.462 e. The van der Waals surface area contributed by atoms with E-state index in [0.29, 0.717) is 21.0 Å². The normalized spacial score (nSPS) is 11.5. The van der Waals surface area contributed by atoms with E-state index in [9.17, 15) is 14.4 Å². The summed E-state index contributed by atoms with van der Waals surface area (Å²) in [5, 5.41) is 6.04. The van der Waals surface area contributed by atoms with E-state index in [1.807, 2.05) is 56.3 Å². The molecule has 0 bridgehead atoms. The second kappa shape index (κ2) is 10.2. The van der Waals surface area contributed by atoms with Crippen LogP contribution in [0.2, 0.25) is 0 Å². The molecule has 0 aliphatic carbocycles. The summed E-state index contributed by atoms with van der Waals surface area (Å²) in [4.78, 5) is 38.8. The Bertz CT molecular complexity index is 1120. The first kappa shape index (κ1) is 23.2. The summed E-state index contributed by atoms with van der Waals surface area (Å²) in [6.07, 6.45) is 0. The molecule has 0 saturated carbocycles. The molecule has 0 aliphatic heterocycles. The minimum atomic E-state index is -0.574. The van der Waals surface area contributed by atoms with Gasteiger partial charge < -0.3 is 15.4 Å². The molecular weight excluding hydrogens is 424 g/mol. The van der Waals surface area contributed by atoms with E-state index in [1.54, 1.807) is 26.0 Å². The number of carbonyl (C=O) groups is 3. The second-order valence-electron chi connectivity index (χ2n) is 7.41. The Kier molecular flexibility index (Phi) is 7.43. The third-order valence-corrected chi connectivity index (χ3v) is 6.23. The molecule has 1 atom stereocenters. The van der Waals surface area contributed by atoms with Gasteiger partial charge in [0.1, 0.15) is 5.00 Å². The zero-order valence-corrected chi connectivity index (χ0v) is 19.3. The number of hydrogen-bond donors (Lipinski definition) is 2. The molecule has 2 amide bonds. The van der Waals surface area contributed by atoms with Crippen LogP contribution < -0.4 is 10.6 Å². The fraction of sp³-hybridized carbons (Fsp3) is 0.240. The Morgan fingerprint density at radius 1 is 0.969 bits per heavy atom. The first-order valence-corrected chi connectivity index (χ1v) is 11.2.